The van der Waals surface area contributed by atoms with Gasteiger partial charge in [0.1, 0.15) is 5.82 Å². The molecule has 0 bridgehead atoms. The predicted molar refractivity (Wildman–Crippen MR) is 67.0 cm³/mol. The molecule has 0 aliphatic heterocycles. The summed E-state index contributed by atoms with van der Waals surface area (Å²) in [4.78, 5) is 0. The fourth-order valence-corrected chi connectivity index (χ4v) is 1.73. The van der Waals surface area contributed by atoms with Gasteiger partial charge in [-0.25, -0.2) is 4.39 Å². The first-order chi connectivity index (χ1) is 8.16. The number of rotatable bonds is 4. The van der Waals surface area contributed by atoms with Gasteiger partial charge in [0.25, 0.3) is 0 Å². The molecular formula is C10H11BrFN5. The Balaban J connectivity index is 1.97. The Hall–Kier alpha value is -1.63. The molecule has 0 aliphatic carbocycles. The predicted octanol–water partition coefficient (Wildman–Crippen LogP) is 1.87. The highest BCUT2D eigenvalue weighted by molar-refractivity contribution is 9.10. The molecular weight excluding hydrogens is 289 g/mol. The van der Waals surface area contributed by atoms with E-state index in [9.17, 15) is 4.39 Å². The Morgan fingerprint density at radius 3 is 3.00 bits per heavy atom. The maximum Gasteiger partial charge on any atom is 0.139 e. The van der Waals surface area contributed by atoms with Crippen molar-refractivity contribution < 1.29 is 4.39 Å². The zero-order valence-corrected chi connectivity index (χ0v) is 10.5. The summed E-state index contributed by atoms with van der Waals surface area (Å²) in [5.41, 5.74) is 6.83. The average Bonchev–Trinajstić information content (AvgIpc) is 2.78. The van der Waals surface area contributed by atoms with Gasteiger partial charge < -0.3 is 11.1 Å². The summed E-state index contributed by atoms with van der Waals surface area (Å²) < 4.78 is 15.3. The first-order valence-corrected chi connectivity index (χ1v) is 5.78. The lowest BCUT2D eigenvalue weighted by molar-refractivity contribution is 0.607. The van der Waals surface area contributed by atoms with Crippen molar-refractivity contribution in [3.63, 3.8) is 0 Å². The smallest absolute Gasteiger partial charge is 0.139 e. The Morgan fingerprint density at radius 2 is 2.29 bits per heavy atom. The number of nitrogen functional groups attached to an aromatic ring is 1. The molecule has 0 aliphatic rings. The minimum Gasteiger partial charge on any atom is -0.397 e. The van der Waals surface area contributed by atoms with Crippen molar-refractivity contribution in [1.82, 2.24) is 15.0 Å². The Bertz CT molecular complexity index is 500. The number of hydrogen-bond donors (Lipinski definition) is 2. The highest BCUT2D eigenvalue weighted by Crippen LogP contribution is 2.26. The van der Waals surface area contributed by atoms with E-state index in [0.29, 0.717) is 28.9 Å². The van der Waals surface area contributed by atoms with Crippen molar-refractivity contribution in [2.75, 3.05) is 17.6 Å². The minimum atomic E-state index is -0.345. The molecule has 0 fully saturated rings. The first-order valence-electron chi connectivity index (χ1n) is 4.99. The molecule has 0 atom stereocenters. The van der Waals surface area contributed by atoms with E-state index in [0.717, 1.165) is 0 Å². The standard InChI is InChI=1S/C10H11BrFN5/c11-7-5-9(13)10(6-8(7)12)14-1-3-17-4-2-15-16-17/h2,4-6,14H,1,3,13H2. The molecule has 1 aromatic carbocycles. The third-order valence-electron chi connectivity index (χ3n) is 2.22. The zero-order chi connectivity index (χ0) is 12.3. The molecule has 0 unspecified atom stereocenters. The zero-order valence-electron chi connectivity index (χ0n) is 8.90. The minimum absolute atomic E-state index is 0.345. The van der Waals surface area contributed by atoms with Crippen molar-refractivity contribution in [2.45, 2.75) is 6.54 Å². The fraction of sp³-hybridized carbons (Fsp3) is 0.200. The molecule has 2 rings (SSSR count). The van der Waals surface area contributed by atoms with E-state index in [1.54, 1.807) is 17.1 Å². The van der Waals surface area contributed by atoms with Gasteiger partial charge in [0, 0.05) is 18.8 Å². The van der Waals surface area contributed by atoms with Crippen LogP contribution < -0.4 is 11.1 Å². The maximum absolute atomic E-state index is 13.3. The van der Waals surface area contributed by atoms with Gasteiger partial charge >= 0.3 is 0 Å². The molecule has 3 N–H and O–H groups in total. The van der Waals surface area contributed by atoms with Crippen molar-refractivity contribution in [3.05, 3.63) is 34.8 Å². The summed E-state index contributed by atoms with van der Waals surface area (Å²) in [6.07, 6.45) is 3.36. The number of benzene rings is 1. The molecule has 0 radical (unpaired) electrons. The quantitative estimate of drug-likeness (QED) is 0.846. The van der Waals surface area contributed by atoms with Crippen molar-refractivity contribution in [1.29, 1.82) is 0 Å². The van der Waals surface area contributed by atoms with E-state index >= 15 is 0 Å². The molecule has 0 saturated carbocycles. The van der Waals surface area contributed by atoms with Crippen molar-refractivity contribution in [2.24, 2.45) is 0 Å². The van der Waals surface area contributed by atoms with Gasteiger partial charge in [-0.3, -0.25) is 4.68 Å². The third-order valence-corrected chi connectivity index (χ3v) is 2.83. The number of nitrogens with one attached hydrogen (secondary N) is 1. The largest absolute Gasteiger partial charge is 0.397 e. The molecule has 90 valence electrons. The van der Waals surface area contributed by atoms with E-state index in [1.165, 1.54) is 12.1 Å². The number of anilines is 2. The fourth-order valence-electron chi connectivity index (χ4n) is 1.37. The molecule has 0 spiro atoms. The van der Waals surface area contributed by atoms with Gasteiger partial charge in [-0.1, -0.05) is 5.21 Å². The highest BCUT2D eigenvalue weighted by atomic mass is 79.9. The summed E-state index contributed by atoms with van der Waals surface area (Å²) in [5.74, 6) is -0.345. The average molecular weight is 300 g/mol. The van der Waals surface area contributed by atoms with Gasteiger partial charge in [-0.15, -0.1) is 5.10 Å². The molecule has 7 heteroatoms. The second-order valence-corrected chi connectivity index (χ2v) is 4.30. The number of nitrogens with two attached hydrogens (primary N) is 1. The van der Waals surface area contributed by atoms with E-state index in [1.807, 2.05) is 0 Å². The SMILES string of the molecule is Nc1cc(Br)c(F)cc1NCCn1ccnn1. The van der Waals surface area contributed by atoms with Gasteiger partial charge in [0.15, 0.2) is 0 Å². The molecule has 2 aromatic rings. The summed E-state index contributed by atoms with van der Waals surface area (Å²) in [5, 5.41) is 10.5. The van der Waals surface area contributed by atoms with Gasteiger partial charge in [0.05, 0.1) is 28.6 Å². The third kappa shape index (κ3) is 2.94. The van der Waals surface area contributed by atoms with Crippen LogP contribution in [0.2, 0.25) is 0 Å². The van der Waals surface area contributed by atoms with Crippen LogP contribution in [0.15, 0.2) is 29.0 Å². The van der Waals surface area contributed by atoms with Crippen molar-refractivity contribution >= 4 is 27.3 Å². The molecule has 17 heavy (non-hydrogen) atoms. The normalized spacial score (nSPS) is 10.5. The molecule has 0 saturated heterocycles. The van der Waals surface area contributed by atoms with E-state index < -0.39 is 0 Å². The van der Waals surface area contributed by atoms with Crippen LogP contribution in [0.25, 0.3) is 0 Å². The number of aromatic nitrogens is 3. The van der Waals surface area contributed by atoms with Crippen LogP contribution in [-0.2, 0) is 6.54 Å². The van der Waals surface area contributed by atoms with Crippen LogP contribution >= 0.6 is 15.9 Å². The van der Waals surface area contributed by atoms with E-state index in [4.69, 9.17) is 5.73 Å². The van der Waals surface area contributed by atoms with Crippen LogP contribution in [-0.4, -0.2) is 21.5 Å². The van der Waals surface area contributed by atoms with Crippen LogP contribution in [0.5, 0.6) is 0 Å². The van der Waals surface area contributed by atoms with Gasteiger partial charge in [-0.05, 0) is 22.0 Å². The Kier molecular flexibility index (Phi) is 3.58. The lowest BCUT2D eigenvalue weighted by Gasteiger charge is -2.10. The monoisotopic (exact) mass is 299 g/mol. The Morgan fingerprint density at radius 1 is 1.47 bits per heavy atom. The Labute approximate surface area is 106 Å². The molecule has 1 heterocycles. The van der Waals surface area contributed by atoms with Crippen LogP contribution in [0, 0.1) is 5.82 Å². The molecule has 0 amide bonds. The molecule has 5 nitrogen and oxygen atoms in total. The summed E-state index contributed by atoms with van der Waals surface area (Å²) >= 11 is 3.07. The maximum atomic E-state index is 13.3. The topological polar surface area (TPSA) is 68.8 Å². The first kappa shape index (κ1) is 11.8. The van der Waals surface area contributed by atoms with Crippen molar-refractivity contribution in [3.8, 4) is 0 Å². The number of nitrogens with zero attached hydrogens (tertiary/aromatic N) is 3. The van der Waals surface area contributed by atoms with Crippen LogP contribution in [0.1, 0.15) is 0 Å². The highest BCUT2D eigenvalue weighted by Gasteiger charge is 2.05. The second kappa shape index (κ2) is 5.13. The van der Waals surface area contributed by atoms with E-state index in [2.05, 4.69) is 31.6 Å². The van der Waals surface area contributed by atoms with E-state index in [-0.39, 0.29) is 5.82 Å². The lowest BCUT2D eigenvalue weighted by Crippen LogP contribution is -2.12. The molecule has 1 aromatic heterocycles. The number of hydrogen-bond acceptors (Lipinski definition) is 4. The summed E-state index contributed by atoms with van der Waals surface area (Å²) in [7, 11) is 0. The van der Waals surface area contributed by atoms with Gasteiger partial charge in [-0.2, -0.15) is 0 Å². The van der Waals surface area contributed by atoms with Crippen LogP contribution in [0.3, 0.4) is 0 Å². The van der Waals surface area contributed by atoms with Crippen LogP contribution in [0.4, 0.5) is 15.8 Å². The van der Waals surface area contributed by atoms with Gasteiger partial charge in [0.2, 0.25) is 0 Å². The summed E-state index contributed by atoms with van der Waals surface area (Å²) in [6, 6.07) is 2.90. The number of halogens is 2. The second-order valence-electron chi connectivity index (χ2n) is 3.45. The lowest BCUT2D eigenvalue weighted by atomic mass is 10.2. The summed E-state index contributed by atoms with van der Waals surface area (Å²) in [6.45, 7) is 1.23.